The van der Waals surface area contributed by atoms with Gasteiger partial charge in [-0.3, -0.25) is 4.79 Å². The first-order valence-corrected chi connectivity index (χ1v) is 6.97. The molecule has 0 radical (unpaired) electrons. The van der Waals surface area contributed by atoms with Crippen LogP contribution in [0.25, 0.3) is 0 Å². The number of aromatic nitrogens is 1. The van der Waals surface area contributed by atoms with Crippen LogP contribution in [0.2, 0.25) is 0 Å². The first kappa shape index (κ1) is 11.4. The number of carbonyl (C=O) groups is 1. The van der Waals surface area contributed by atoms with Gasteiger partial charge in [-0.1, -0.05) is 13.8 Å². The molecule has 17 heavy (non-hydrogen) atoms. The molecule has 1 atom stereocenters. The van der Waals surface area contributed by atoms with Gasteiger partial charge in [-0.15, -0.1) is 11.3 Å². The number of ether oxygens (including phenoxy) is 1. The van der Waals surface area contributed by atoms with Gasteiger partial charge in [-0.05, 0) is 18.3 Å². The van der Waals surface area contributed by atoms with E-state index in [1.54, 1.807) is 11.3 Å². The van der Waals surface area contributed by atoms with Gasteiger partial charge < -0.3 is 4.74 Å². The van der Waals surface area contributed by atoms with Gasteiger partial charge >= 0.3 is 0 Å². The van der Waals surface area contributed by atoms with Crippen molar-refractivity contribution in [2.24, 2.45) is 5.41 Å². The number of nitrogens with zero attached hydrogens (tertiary/aromatic N) is 1. The summed E-state index contributed by atoms with van der Waals surface area (Å²) in [6.45, 7) is 5.88. The Morgan fingerprint density at radius 1 is 1.41 bits per heavy atom. The molecule has 1 fully saturated rings. The molecule has 2 aliphatic rings. The summed E-state index contributed by atoms with van der Waals surface area (Å²) < 4.78 is 5.39. The van der Waals surface area contributed by atoms with Gasteiger partial charge in [-0.2, -0.15) is 0 Å². The van der Waals surface area contributed by atoms with E-state index in [9.17, 15) is 4.79 Å². The molecule has 1 saturated heterocycles. The maximum absolute atomic E-state index is 12.1. The molecule has 4 heteroatoms. The average Bonchev–Trinajstić information content (AvgIpc) is 2.81. The third-order valence-corrected chi connectivity index (χ3v) is 4.83. The molecule has 0 aromatic carbocycles. The minimum Gasteiger partial charge on any atom is -0.381 e. The van der Waals surface area contributed by atoms with E-state index in [4.69, 9.17) is 9.72 Å². The summed E-state index contributed by atoms with van der Waals surface area (Å²) in [5.74, 6) is 0.695. The van der Waals surface area contributed by atoms with Crippen molar-refractivity contribution in [2.45, 2.75) is 39.0 Å². The van der Waals surface area contributed by atoms with Crippen LogP contribution in [0.4, 0.5) is 0 Å². The Hall–Kier alpha value is -0.740. The second kappa shape index (κ2) is 3.89. The van der Waals surface area contributed by atoms with Gasteiger partial charge in [0.25, 0.3) is 0 Å². The number of hydrogen-bond donors (Lipinski definition) is 0. The van der Waals surface area contributed by atoms with Crippen molar-refractivity contribution in [1.29, 1.82) is 0 Å². The van der Waals surface area contributed by atoms with Gasteiger partial charge in [0, 0.05) is 18.9 Å². The van der Waals surface area contributed by atoms with E-state index in [0.29, 0.717) is 12.3 Å². The van der Waals surface area contributed by atoms with Gasteiger partial charge in [-0.25, -0.2) is 4.98 Å². The molecule has 1 aliphatic heterocycles. The van der Waals surface area contributed by atoms with Crippen molar-refractivity contribution in [3.8, 4) is 0 Å². The second-order valence-corrected chi connectivity index (χ2v) is 6.86. The summed E-state index contributed by atoms with van der Waals surface area (Å²) in [5.41, 5.74) is 1.10. The summed E-state index contributed by atoms with van der Waals surface area (Å²) >= 11 is 1.60. The molecule has 0 spiro atoms. The fraction of sp³-hybridized carbons (Fsp3) is 0.692. The second-order valence-electron chi connectivity index (χ2n) is 5.83. The quantitative estimate of drug-likeness (QED) is 0.770. The lowest BCUT2D eigenvalue weighted by Crippen LogP contribution is -2.26. The smallest absolute Gasteiger partial charge is 0.175 e. The normalized spacial score (nSPS) is 27.2. The molecule has 3 rings (SSSR count). The molecular formula is C13H17NO2S. The van der Waals surface area contributed by atoms with Crippen LogP contribution in [0.1, 0.15) is 53.0 Å². The van der Waals surface area contributed by atoms with Gasteiger partial charge in [0.05, 0.1) is 22.2 Å². The molecule has 0 N–H and O–H groups in total. The maximum atomic E-state index is 12.1. The fourth-order valence-corrected chi connectivity index (χ4v) is 3.78. The highest BCUT2D eigenvalue weighted by Crippen LogP contribution is 2.39. The molecule has 1 aromatic heterocycles. The summed E-state index contributed by atoms with van der Waals surface area (Å²) in [4.78, 5) is 17.7. The number of hydrogen-bond acceptors (Lipinski definition) is 4. The summed E-state index contributed by atoms with van der Waals surface area (Å²) in [6.07, 6.45) is 2.63. The zero-order chi connectivity index (χ0) is 12.0. The van der Waals surface area contributed by atoms with E-state index in [-0.39, 0.29) is 11.2 Å². The Morgan fingerprint density at radius 2 is 2.24 bits per heavy atom. The van der Waals surface area contributed by atoms with Crippen molar-refractivity contribution in [1.82, 2.24) is 4.98 Å². The van der Waals surface area contributed by atoms with Crippen LogP contribution >= 0.6 is 11.3 Å². The number of Topliss-reactive ketones (excluding diaryl/α,β-unsaturated/α-hetero) is 1. The zero-order valence-electron chi connectivity index (χ0n) is 10.3. The number of ketones is 1. The summed E-state index contributed by atoms with van der Waals surface area (Å²) in [5, 5.41) is 1.11. The fourth-order valence-electron chi connectivity index (χ4n) is 2.64. The SMILES string of the molecule is CC1(C)CC(=O)c2sc(C3CCOC3)nc2C1. The van der Waals surface area contributed by atoms with E-state index in [1.165, 1.54) is 0 Å². The van der Waals surface area contributed by atoms with Crippen LogP contribution in [0.5, 0.6) is 0 Å². The lowest BCUT2D eigenvalue weighted by Gasteiger charge is -2.26. The van der Waals surface area contributed by atoms with Crippen LogP contribution in [0, 0.1) is 5.41 Å². The van der Waals surface area contributed by atoms with Crippen molar-refractivity contribution < 1.29 is 9.53 Å². The van der Waals surface area contributed by atoms with E-state index >= 15 is 0 Å². The molecule has 3 nitrogen and oxygen atoms in total. The standard InChI is InChI=1S/C13H17NO2S/c1-13(2)5-9-11(10(15)6-13)17-12(14-9)8-3-4-16-7-8/h8H,3-7H2,1-2H3. The lowest BCUT2D eigenvalue weighted by atomic mass is 9.78. The summed E-state index contributed by atoms with van der Waals surface area (Å²) in [6, 6.07) is 0. The molecule has 0 amide bonds. The monoisotopic (exact) mass is 251 g/mol. The van der Waals surface area contributed by atoms with Crippen molar-refractivity contribution in [2.75, 3.05) is 13.2 Å². The maximum Gasteiger partial charge on any atom is 0.175 e. The van der Waals surface area contributed by atoms with E-state index in [2.05, 4.69) is 13.8 Å². The predicted octanol–water partition coefficient (Wildman–Crippen LogP) is 2.80. The van der Waals surface area contributed by atoms with Gasteiger partial charge in [0.15, 0.2) is 5.78 Å². The van der Waals surface area contributed by atoms with Crippen molar-refractivity contribution in [3.63, 3.8) is 0 Å². The van der Waals surface area contributed by atoms with Crippen LogP contribution in [0.3, 0.4) is 0 Å². The number of carbonyl (C=O) groups excluding carboxylic acids is 1. The summed E-state index contributed by atoms with van der Waals surface area (Å²) in [7, 11) is 0. The van der Waals surface area contributed by atoms with Crippen LogP contribution in [-0.2, 0) is 11.2 Å². The van der Waals surface area contributed by atoms with Crippen LogP contribution < -0.4 is 0 Å². The highest BCUT2D eigenvalue weighted by Gasteiger charge is 2.35. The molecule has 2 heterocycles. The third-order valence-electron chi connectivity index (χ3n) is 3.53. The topological polar surface area (TPSA) is 39.2 Å². The van der Waals surface area contributed by atoms with Crippen molar-refractivity contribution in [3.05, 3.63) is 15.6 Å². The van der Waals surface area contributed by atoms with Gasteiger partial charge in [0.1, 0.15) is 0 Å². The Kier molecular flexibility index (Phi) is 2.60. The van der Waals surface area contributed by atoms with E-state index < -0.39 is 0 Å². The predicted molar refractivity (Wildman–Crippen MR) is 66.7 cm³/mol. The minimum atomic E-state index is 0.0710. The average molecular weight is 251 g/mol. The van der Waals surface area contributed by atoms with Gasteiger partial charge in [0.2, 0.25) is 0 Å². The highest BCUT2D eigenvalue weighted by molar-refractivity contribution is 7.14. The molecule has 0 bridgehead atoms. The zero-order valence-corrected chi connectivity index (χ0v) is 11.1. The molecule has 0 saturated carbocycles. The number of thiazole rings is 1. The van der Waals surface area contributed by atoms with E-state index in [0.717, 1.165) is 41.6 Å². The lowest BCUT2D eigenvalue weighted by molar-refractivity contribution is 0.0916. The third kappa shape index (κ3) is 2.04. The minimum absolute atomic E-state index is 0.0710. The molecule has 1 aliphatic carbocycles. The van der Waals surface area contributed by atoms with E-state index in [1.807, 2.05) is 0 Å². The molecule has 1 unspecified atom stereocenters. The van der Waals surface area contributed by atoms with Crippen LogP contribution in [0.15, 0.2) is 0 Å². The Bertz CT molecular complexity index is 458. The number of fused-ring (bicyclic) bond motifs is 1. The largest absolute Gasteiger partial charge is 0.381 e. The first-order chi connectivity index (χ1) is 8.05. The Labute approximate surface area is 105 Å². The molecular weight excluding hydrogens is 234 g/mol. The first-order valence-electron chi connectivity index (χ1n) is 6.16. The Morgan fingerprint density at radius 3 is 2.94 bits per heavy atom. The van der Waals surface area contributed by atoms with Crippen molar-refractivity contribution >= 4 is 17.1 Å². The Balaban J connectivity index is 1.94. The molecule has 1 aromatic rings. The molecule has 92 valence electrons. The number of rotatable bonds is 1. The van der Waals surface area contributed by atoms with Crippen LogP contribution in [-0.4, -0.2) is 24.0 Å². The highest BCUT2D eigenvalue weighted by atomic mass is 32.1.